The molecule has 1 rings (SSSR count). The minimum Gasteiger partial charge on any atom is -0.384 e. The number of nitrogen functional groups attached to an aromatic ring is 1. The molecule has 6 heteroatoms. The molecule has 0 atom stereocenters. The molecule has 1 heterocycles. The molecule has 1 aromatic heterocycles. The molecule has 0 saturated heterocycles. The van der Waals surface area contributed by atoms with E-state index < -0.39 is 4.92 Å². The lowest BCUT2D eigenvalue weighted by Gasteiger charge is -2.17. The van der Waals surface area contributed by atoms with Crippen LogP contribution in [0.15, 0.2) is 12.1 Å². The third kappa shape index (κ3) is 2.82. The zero-order valence-corrected chi connectivity index (χ0v) is 9.51. The van der Waals surface area contributed by atoms with Gasteiger partial charge in [-0.15, -0.1) is 0 Å². The van der Waals surface area contributed by atoms with Crippen molar-refractivity contribution in [3.05, 3.63) is 22.2 Å². The fourth-order valence-electron chi connectivity index (χ4n) is 1.38. The van der Waals surface area contributed by atoms with Gasteiger partial charge in [-0.25, -0.2) is 4.98 Å². The molecule has 88 valence electrons. The van der Waals surface area contributed by atoms with E-state index in [2.05, 4.69) is 11.9 Å². The van der Waals surface area contributed by atoms with Crippen molar-refractivity contribution >= 4 is 17.3 Å². The van der Waals surface area contributed by atoms with E-state index in [1.807, 2.05) is 0 Å². The summed E-state index contributed by atoms with van der Waals surface area (Å²) in [6.45, 7) is 2.79. The Morgan fingerprint density at radius 2 is 2.25 bits per heavy atom. The van der Waals surface area contributed by atoms with Crippen molar-refractivity contribution < 1.29 is 4.92 Å². The average molecular weight is 224 g/mol. The highest BCUT2D eigenvalue weighted by Gasteiger charge is 2.18. The van der Waals surface area contributed by atoms with Gasteiger partial charge in [-0.05, 0) is 12.5 Å². The topological polar surface area (TPSA) is 85.3 Å². The quantitative estimate of drug-likeness (QED) is 0.609. The molecule has 0 unspecified atom stereocenters. The van der Waals surface area contributed by atoms with Gasteiger partial charge in [-0.3, -0.25) is 10.1 Å². The van der Waals surface area contributed by atoms with Gasteiger partial charge in [0.25, 0.3) is 0 Å². The number of nitro groups is 1. The lowest BCUT2D eigenvalue weighted by molar-refractivity contribution is -0.384. The van der Waals surface area contributed by atoms with Crippen LogP contribution < -0.4 is 10.6 Å². The third-order valence-corrected chi connectivity index (χ3v) is 2.28. The van der Waals surface area contributed by atoms with E-state index in [9.17, 15) is 10.1 Å². The van der Waals surface area contributed by atoms with Crippen LogP contribution in [-0.4, -0.2) is 23.5 Å². The summed E-state index contributed by atoms with van der Waals surface area (Å²) < 4.78 is 0. The molecule has 0 fully saturated rings. The maximum absolute atomic E-state index is 10.8. The molecule has 0 saturated carbocycles. The highest BCUT2D eigenvalue weighted by molar-refractivity contribution is 5.60. The van der Waals surface area contributed by atoms with Crippen LogP contribution in [0.4, 0.5) is 17.3 Å². The minimum atomic E-state index is -0.440. The van der Waals surface area contributed by atoms with E-state index in [1.165, 1.54) is 12.1 Å². The predicted octanol–water partition coefficient (Wildman–Crippen LogP) is 1.81. The fourth-order valence-corrected chi connectivity index (χ4v) is 1.38. The van der Waals surface area contributed by atoms with Crippen molar-refractivity contribution in [2.24, 2.45) is 0 Å². The van der Waals surface area contributed by atoms with Gasteiger partial charge in [-0.1, -0.05) is 13.3 Å². The largest absolute Gasteiger partial charge is 0.384 e. The van der Waals surface area contributed by atoms with Crippen LogP contribution in [0.1, 0.15) is 19.8 Å². The van der Waals surface area contributed by atoms with Gasteiger partial charge < -0.3 is 10.6 Å². The molecule has 0 radical (unpaired) electrons. The van der Waals surface area contributed by atoms with E-state index in [1.54, 1.807) is 11.9 Å². The zero-order chi connectivity index (χ0) is 12.1. The van der Waals surface area contributed by atoms with Crippen molar-refractivity contribution in [2.75, 3.05) is 24.2 Å². The zero-order valence-electron chi connectivity index (χ0n) is 9.51. The Kier molecular flexibility index (Phi) is 4.04. The Bertz CT molecular complexity index is 381. The summed E-state index contributed by atoms with van der Waals surface area (Å²) >= 11 is 0. The molecule has 0 aliphatic rings. The van der Waals surface area contributed by atoms with Gasteiger partial charge in [0.2, 0.25) is 5.82 Å². The lowest BCUT2D eigenvalue weighted by Crippen LogP contribution is -2.21. The number of pyridine rings is 1. The molecule has 0 aliphatic carbocycles. The third-order valence-electron chi connectivity index (χ3n) is 2.28. The second-order valence-corrected chi connectivity index (χ2v) is 3.61. The monoisotopic (exact) mass is 224 g/mol. The SMILES string of the molecule is CCCCN(C)c1nc(N)ccc1[N+](=O)[O-]. The maximum atomic E-state index is 10.8. The molecular weight excluding hydrogens is 208 g/mol. The molecule has 0 bridgehead atoms. The minimum absolute atomic E-state index is 0.00666. The number of anilines is 2. The summed E-state index contributed by atoms with van der Waals surface area (Å²) in [6.07, 6.45) is 1.99. The Morgan fingerprint density at radius 3 is 2.81 bits per heavy atom. The normalized spacial score (nSPS) is 10.1. The molecule has 1 aromatic rings. The number of nitrogens with zero attached hydrogens (tertiary/aromatic N) is 3. The second-order valence-electron chi connectivity index (χ2n) is 3.61. The van der Waals surface area contributed by atoms with E-state index >= 15 is 0 Å². The summed E-state index contributed by atoms with van der Waals surface area (Å²) in [7, 11) is 1.78. The van der Waals surface area contributed by atoms with E-state index in [-0.39, 0.29) is 5.69 Å². The van der Waals surface area contributed by atoms with Gasteiger partial charge in [0.15, 0.2) is 0 Å². The predicted molar refractivity (Wildman–Crippen MR) is 63.5 cm³/mol. The van der Waals surface area contributed by atoms with Crippen LogP contribution in [0.25, 0.3) is 0 Å². The van der Waals surface area contributed by atoms with E-state index in [0.717, 1.165) is 19.4 Å². The molecule has 0 spiro atoms. The lowest BCUT2D eigenvalue weighted by atomic mass is 10.3. The van der Waals surface area contributed by atoms with Crippen LogP contribution >= 0.6 is 0 Å². The van der Waals surface area contributed by atoms with Crippen molar-refractivity contribution in [1.82, 2.24) is 4.98 Å². The maximum Gasteiger partial charge on any atom is 0.311 e. The first kappa shape index (κ1) is 12.2. The van der Waals surface area contributed by atoms with Crippen LogP contribution in [0.3, 0.4) is 0 Å². The summed E-state index contributed by atoms with van der Waals surface area (Å²) in [4.78, 5) is 16.1. The van der Waals surface area contributed by atoms with Crippen molar-refractivity contribution in [3.8, 4) is 0 Å². The van der Waals surface area contributed by atoms with Crippen LogP contribution in [-0.2, 0) is 0 Å². The Morgan fingerprint density at radius 1 is 1.56 bits per heavy atom. The molecular formula is C10H16N4O2. The molecule has 0 aliphatic heterocycles. The average Bonchev–Trinajstić information content (AvgIpc) is 2.25. The molecule has 2 N–H and O–H groups in total. The smallest absolute Gasteiger partial charge is 0.311 e. The van der Waals surface area contributed by atoms with E-state index in [4.69, 9.17) is 5.73 Å². The standard InChI is InChI=1S/C10H16N4O2/c1-3-4-7-13(2)10-8(14(15)16)5-6-9(11)12-10/h5-6H,3-4,7H2,1-2H3,(H2,11,12). The number of hydrogen-bond donors (Lipinski definition) is 1. The summed E-state index contributed by atoms with van der Waals surface area (Å²) in [5.74, 6) is 0.627. The van der Waals surface area contributed by atoms with Gasteiger partial charge in [0.1, 0.15) is 5.82 Å². The second kappa shape index (κ2) is 5.29. The first-order valence-electron chi connectivity index (χ1n) is 5.18. The molecule has 0 amide bonds. The summed E-state index contributed by atoms with van der Waals surface area (Å²) in [6, 6.07) is 2.83. The van der Waals surface area contributed by atoms with Crippen molar-refractivity contribution in [3.63, 3.8) is 0 Å². The first-order valence-corrected chi connectivity index (χ1v) is 5.18. The fraction of sp³-hybridized carbons (Fsp3) is 0.500. The number of hydrogen-bond acceptors (Lipinski definition) is 5. The van der Waals surface area contributed by atoms with Crippen LogP contribution in [0.2, 0.25) is 0 Å². The Hall–Kier alpha value is -1.85. The van der Waals surface area contributed by atoms with Gasteiger partial charge in [0.05, 0.1) is 4.92 Å². The first-order chi connectivity index (χ1) is 7.56. The van der Waals surface area contributed by atoms with Gasteiger partial charge >= 0.3 is 5.69 Å². The highest BCUT2D eigenvalue weighted by Crippen LogP contribution is 2.25. The number of aromatic nitrogens is 1. The van der Waals surface area contributed by atoms with Crippen molar-refractivity contribution in [1.29, 1.82) is 0 Å². The van der Waals surface area contributed by atoms with Gasteiger partial charge in [0, 0.05) is 19.7 Å². The summed E-state index contributed by atoms with van der Waals surface area (Å²) in [5.41, 5.74) is 5.53. The Labute approximate surface area is 94.2 Å². The van der Waals surface area contributed by atoms with Crippen LogP contribution in [0.5, 0.6) is 0 Å². The summed E-state index contributed by atoms with van der Waals surface area (Å²) in [5, 5.41) is 10.8. The number of unbranched alkanes of at least 4 members (excludes halogenated alkanes) is 1. The van der Waals surface area contributed by atoms with Crippen molar-refractivity contribution in [2.45, 2.75) is 19.8 Å². The molecule has 6 nitrogen and oxygen atoms in total. The van der Waals surface area contributed by atoms with E-state index in [0.29, 0.717) is 11.6 Å². The highest BCUT2D eigenvalue weighted by atomic mass is 16.6. The van der Waals surface area contributed by atoms with Crippen LogP contribution in [0, 0.1) is 10.1 Å². The number of rotatable bonds is 5. The van der Waals surface area contributed by atoms with Gasteiger partial charge in [-0.2, -0.15) is 0 Å². The molecule has 0 aromatic carbocycles. The number of nitrogens with two attached hydrogens (primary N) is 1. The Balaban J connectivity index is 2.99. The molecule has 16 heavy (non-hydrogen) atoms.